The average Bonchev–Trinajstić information content (AvgIpc) is 2.76. The highest BCUT2D eigenvalue weighted by Gasteiger charge is 2.44. The van der Waals surface area contributed by atoms with Crippen molar-refractivity contribution in [1.29, 1.82) is 0 Å². The Balaban J connectivity index is 2.02. The highest BCUT2D eigenvalue weighted by atomic mass is 16.3. The van der Waals surface area contributed by atoms with Crippen LogP contribution in [0.3, 0.4) is 0 Å². The first-order chi connectivity index (χ1) is 5.63. The number of aliphatic hydroxyl groups is 1. The van der Waals surface area contributed by atoms with Gasteiger partial charge in [0.15, 0.2) is 0 Å². The second kappa shape index (κ2) is 2.71. The molecule has 2 heteroatoms. The van der Waals surface area contributed by atoms with Crippen molar-refractivity contribution >= 4 is 0 Å². The van der Waals surface area contributed by atoms with Gasteiger partial charge in [-0.25, -0.2) is 0 Å². The Morgan fingerprint density at radius 3 is 2.50 bits per heavy atom. The van der Waals surface area contributed by atoms with Crippen LogP contribution in [0.1, 0.15) is 33.1 Å². The Hall–Kier alpha value is -0.0800. The predicted octanol–water partition coefficient (Wildman–Crippen LogP) is 1.24. The minimum Gasteiger partial charge on any atom is -0.396 e. The molecule has 0 amide bonds. The molecule has 1 aliphatic carbocycles. The van der Waals surface area contributed by atoms with Crippen molar-refractivity contribution in [1.82, 2.24) is 4.90 Å². The average molecular weight is 169 g/mol. The van der Waals surface area contributed by atoms with Gasteiger partial charge in [-0.1, -0.05) is 0 Å². The second-order valence-electron chi connectivity index (χ2n) is 4.95. The molecule has 0 aromatic heterocycles. The van der Waals surface area contributed by atoms with Gasteiger partial charge in [0.25, 0.3) is 0 Å². The molecule has 2 rings (SSSR count). The van der Waals surface area contributed by atoms with Gasteiger partial charge in [0.2, 0.25) is 0 Å². The van der Waals surface area contributed by atoms with Crippen molar-refractivity contribution in [3.05, 3.63) is 0 Å². The minimum absolute atomic E-state index is 0.342. The van der Waals surface area contributed by atoms with Crippen LogP contribution in [-0.4, -0.2) is 34.7 Å². The quantitative estimate of drug-likeness (QED) is 0.672. The van der Waals surface area contributed by atoms with Crippen LogP contribution in [0.25, 0.3) is 0 Å². The molecule has 1 heterocycles. The van der Waals surface area contributed by atoms with E-state index in [1.807, 2.05) is 0 Å². The molecule has 2 aliphatic rings. The van der Waals surface area contributed by atoms with Crippen LogP contribution in [0.2, 0.25) is 0 Å². The molecule has 0 aromatic rings. The molecule has 2 nitrogen and oxygen atoms in total. The van der Waals surface area contributed by atoms with Crippen LogP contribution in [0.5, 0.6) is 0 Å². The molecular weight excluding hydrogens is 150 g/mol. The Kier molecular flexibility index (Phi) is 1.92. The van der Waals surface area contributed by atoms with Gasteiger partial charge in [-0.05, 0) is 39.0 Å². The summed E-state index contributed by atoms with van der Waals surface area (Å²) >= 11 is 0. The van der Waals surface area contributed by atoms with E-state index in [0.717, 1.165) is 12.6 Å². The zero-order valence-corrected chi connectivity index (χ0v) is 8.08. The van der Waals surface area contributed by atoms with Crippen LogP contribution < -0.4 is 0 Å². The monoisotopic (exact) mass is 169 g/mol. The molecule has 1 saturated carbocycles. The van der Waals surface area contributed by atoms with Crippen molar-refractivity contribution in [3.63, 3.8) is 0 Å². The first-order valence-electron chi connectivity index (χ1n) is 5.01. The van der Waals surface area contributed by atoms with Crippen molar-refractivity contribution < 1.29 is 5.11 Å². The number of aliphatic hydroxyl groups excluding tert-OH is 1. The molecule has 0 aromatic carbocycles. The van der Waals surface area contributed by atoms with Crippen LogP contribution in [-0.2, 0) is 0 Å². The molecule has 1 saturated heterocycles. The third kappa shape index (κ3) is 1.38. The van der Waals surface area contributed by atoms with Crippen molar-refractivity contribution in [2.45, 2.75) is 44.7 Å². The van der Waals surface area contributed by atoms with Gasteiger partial charge in [-0.3, -0.25) is 4.90 Å². The Morgan fingerprint density at radius 1 is 1.42 bits per heavy atom. The van der Waals surface area contributed by atoms with Gasteiger partial charge in [0.05, 0.1) is 0 Å². The van der Waals surface area contributed by atoms with Gasteiger partial charge >= 0.3 is 0 Å². The first kappa shape index (κ1) is 8.52. The van der Waals surface area contributed by atoms with Crippen LogP contribution in [0.15, 0.2) is 0 Å². The molecule has 2 fully saturated rings. The fourth-order valence-electron chi connectivity index (χ4n) is 2.57. The predicted molar refractivity (Wildman–Crippen MR) is 49.0 cm³/mol. The topological polar surface area (TPSA) is 23.5 Å². The fraction of sp³-hybridized carbons (Fsp3) is 1.00. The van der Waals surface area contributed by atoms with E-state index in [1.54, 1.807) is 0 Å². The van der Waals surface area contributed by atoms with E-state index in [9.17, 15) is 0 Å². The van der Waals surface area contributed by atoms with Gasteiger partial charge in [-0.2, -0.15) is 0 Å². The van der Waals surface area contributed by atoms with Crippen LogP contribution in [0, 0.1) is 5.92 Å². The van der Waals surface area contributed by atoms with Gasteiger partial charge in [0, 0.05) is 24.7 Å². The van der Waals surface area contributed by atoms with Crippen LogP contribution >= 0.6 is 0 Å². The second-order valence-corrected chi connectivity index (χ2v) is 4.95. The normalized spacial score (nSPS) is 35.8. The number of hydrogen-bond acceptors (Lipinski definition) is 2. The molecule has 70 valence electrons. The van der Waals surface area contributed by atoms with Crippen molar-refractivity contribution in [2.24, 2.45) is 5.92 Å². The van der Waals surface area contributed by atoms with Crippen molar-refractivity contribution in [3.8, 4) is 0 Å². The van der Waals surface area contributed by atoms with Gasteiger partial charge in [0.1, 0.15) is 0 Å². The first-order valence-corrected chi connectivity index (χ1v) is 5.01. The summed E-state index contributed by atoms with van der Waals surface area (Å²) in [6.07, 6.45) is 3.92. The van der Waals surface area contributed by atoms with E-state index in [-0.39, 0.29) is 0 Å². The van der Waals surface area contributed by atoms with Gasteiger partial charge in [-0.15, -0.1) is 0 Å². The third-order valence-electron chi connectivity index (χ3n) is 3.27. The standard InChI is InChI=1S/C10H19NO/c1-10(2)5-8(7-12)6-11(10)9-3-4-9/h8-9,12H,3-7H2,1-2H3. The molecular formula is C10H19NO. The number of rotatable bonds is 2. The molecule has 12 heavy (non-hydrogen) atoms. The summed E-state index contributed by atoms with van der Waals surface area (Å²) in [4.78, 5) is 2.59. The summed E-state index contributed by atoms with van der Waals surface area (Å²) in [5, 5.41) is 9.09. The summed E-state index contributed by atoms with van der Waals surface area (Å²) < 4.78 is 0. The summed E-state index contributed by atoms with van der Waals surface area (Å²) in [5.74, 6) is 0.528. The zero-order chi connectivity index (χ0) is 8.77. The lowest BCUT2D eigenvalue weighted by Crippen LogP contribution is -2.39. The van der Waals surface area contributed by atoms with Crippen LogP contribution in [0.4, 0.5) is 0 Å². The highest BCUT2D eigenvalue weighted by Crippen LogP contribution is 2.41. The summed E-state index contributed by atoms with van der Waals surface area (Å²) in [5.41, 5.74) is 0.342. The smallest absolute Gasteiger partial charge is 0.0472 e. The molecule has 1 unspecified atom stereocenters. The lowest BCUT2D eigenvalue weighted by Gasteiger charge is -2.31. The summed E-state index contributed by atoms with van der Waals surface area (Å²) in [6, 6.07) is 0.844. The number of nitrogens with zero attached hydrogens (tertiary/aromatic N) is 1. The van der Waals surface area contributed by atoms with E-state index >= 15 is 0 Å². The Bertz CT molecular complexity index is 175. The van der Waals surface area contributed by atoms with E-state index in [2.05, 4.69) is 18.7 Å². The largest absolute Gasteiger partial charge is 0.396 e. The number of hydrogen-bond donors (Lipinski definition) is 1. The molecule has 1 N–H and O–H groups in total. The molecule has 0 bridgehead atoms. The third-order valence-corrected chi connectivity index (χ3v) is 3.27. The summed E-state index contributed by atoms with van der Waals surface area (Å²) in [7, 11) is 0. The lowest BCUT2D eigenvalue weighted by atomic mass is 9.97. The van der Waals surface area contributed by atoms with E-state index < -0.39 is 0 Å². The SMILES string of the molecule is CC1(C)CC(CO)CN1C1CC1. The summed E-state index contributed by atoms with van der Waals surface area (Å²) in [6.45, 7) is 6.10. The maximum Gasteiger partial charge on any atom is 0.0472 e. The fourth-order valence-corrected chi connectivity index (χ4v) is 2.57. The lowest BCUT2D eigenvalue weighted by molar-refractivity contribution is 0.163. The molecule has 1 aliphatic heterocycles. The van der Waals surface area contributed by atoms with E-state index in [1.165, 1.54) is 19.3 Å². The van der Waals surface area contributed by atoms with E-state index in [0.29, 0.717) is 18.1 Å². The maximum absolute atomic E-state index is 9.09. The van der Waals surface area contributed by atoms with Crippen molar-refractivity contribution in [2.75, 3.05) is 13.2 Å². The molecule has 0 spiro atoms. The highest BCUT2D eigenvalue weighted by molar-refractivity contribution is 5.00. The number of likely N-dealkylation sites (tertiary alicyclic amines) is 1. The van der Waals surface area contributed by atoms with Gasteiger partial charge < -0.3 is 5.11 Å². The molecule has 0 radical (unpaired) electrons. The maximum atomic E-state index is 9.09. The Labute approximate surface area is 74.6 Å². The Morgan fingerprint density at radius 2 is 2.08 bits per heavy atom. The zero-order valence-electron chi connectivity index (χ0n) is 8.08. The minimum atomic E-state index is 0.342. The van der Waals surface area contributed by atoms with E-state index in [4.69, 9.17) is 5.11 Å². The molecule has 1 atom stereocenters.